The fourth-order valence-corrected chi connectivity index (χ4v) is 4.00. The lowest BCUT2D eigenvalue weighted by atomic mass is 10.1. The van der Waals surface area contributed by atoms with E-state index in [1.165, 1.54) is 5.56 Å². The van der Waals surface area contributed by atoms with Gasteiger partial charge in [-0.25, -0.2) is 0 Å². The second-order valence-electron chi connectivity index (χ2n) is 5.75. The molecule has 2 aromatic heterocycles. The van der Waals surface area contributed by atoms with Gasteiger partial charge in [0.25, 0.3) is 0 Å². The summed E-state index contributed by atoms with van der Waals surface area (Å²) >= 11 is 7.89. The molecule has 120 valence electrons. The van der Waals surface area contributed by atoms with Crippen LogP contribution in [0.25, 0.3) is 16.6 Å². The number of halogens is 1. The van der Waals surface area contributed by atoms with Crippen molar-refractivity contribution in [2.75, 3.05) is 5.75 Å². The van der Waals surface area contributed by atoms with Crippen molar-refractivity contribution < 1.29 is 0 Å². The zero-order valence-corrected chi connectivity index (χ0v) is 14.8. The second kappa shape index (κ2) is 6.46. The van der Waals surface area contributed by atoms with Crippen LogP contribution in [0.15, 0.2) is 59.8 Å². The number of pyridine rings is 1. The molecule has 0 saturated heterocycles. The van der Waals surface area contributed by atoms with Gasteiger partial charge in [0.15, 0.2) is 10.8 Å². The van der Waals surface area contributed by atoms with Gasteiger partial charge in [-0.3, -0.25) is 4.40 Å². The number of thioether (sulfide) groups is 1. The van der Waals surface area contributed by atoms with Gasteiger partial charge in [0.2, 0.25) is 0 Å². The first-order valence-corrected chi connectivity index (χ1v) is 9.19. The molecule has 0 bridgehead atoms. The number of aryl methyl sites for hydroxylation is 2. The molecule has 0 aliphatic heterocycles. The third kappa shape index (κ3) is 2.87. The summed E-state index contributed by atoms with van der Waals surface area (Å²) in [4.78, 5) is 0. The number of rotatable bonds is 4. The lowest BCUT2D eigenvalue weighted by molar-refractivity contribution is 0.937. The smallest absolute Gasteiger partial charge is 0.196 e. The van der Waals surface area contributed by atoms with E-state index in [1.807, 2.05) is 24.3 Å². The summed E-state index contributed by atoms with van der Waals surface area (Å²) in [6.07, 6.45) is 1.01. The first-order valence-electron chi connectivity index (χ1n) is 7.83. The van der Waals surface area contributed by atoms with Crippen molar-refractivity contribution in [1.82, 2.24) is 14.6 Å². The SMILES string of the molecule is Cc1cc2nnc(SCCc3ccccc3)n2c2ccc(Cl)cc12. The van der Waals surface area contributed by atoms with E-state index in [1.54, 1.807) is 11.8 Å². The van der Waals surface area contributed by atoms with Crippen molar-refractivity contribution in [2.45, 2.75) is 18.5 Å². The molecule has 2 aromatic carbocycles. The molecule has 5 heteroatoms. The number of fused-ring (bicyclic) bond motifs is 3. The minimum Gasteiger partial charge on any atom is -0.270 e. The molecule has 3 nitrogen and oxygen atoms in total. The largest absolute Gasteiger partial charge is 0.270 e. The Kier molecular flexibility index (Phi) is 4.17. The van der Waals surface area contributed by atoms with Crippen LogP contribution in [0.1, 0.15) is 11.1 Å². The molecular formula is C19H16ClN3S. The normalized spacial score (nSPS) is 11.4. The Morgan fingerprint density at radius 1 is 1.04 bits per heavy atom. The molecule has 0 unspecified atom stereocenters. The van der Waals surface area contributed by atoms with E-state index in [9.17, 15) is 0 Å². The van der Waals surface area contributed by atoms with Crippen LogP contribution < -0.4 is 0 Å². The predicted octanol–water partition coefficient (Wildman–Crippen LogP) is 5.18. The van der Waals surface area contributed by atoms with Crippen molar-refractivity contribution in [3.8, 4) is 0 Å². The molecule has 0 amide bonds. The number of nitrogens with zero attached hydrogens (tertiary/aromatic N) is 3. The van der Waals surface area contributed by atoms with E-state index >= 15 is 0 Å². The minimum absolute atomic E-state index is 0.747. The quantitative estimate of drug-likeness (QED) is 0.473. The number of benzene rings is 2. The highest BCUT2D eigenvalue weighted by Crippen LogP contribution is 2.28. The summed E-state index contributed by atoms with van der Waals surface area (Å²) in [6.45, 7) is 2.08. The first-order chi connectivity index (χ1) is 11.7. The van der Waals surface area contributed by atoms with Gasteiger partial charge in [-0.05, 0) is 48.7 Å². The molecule has 0 fully saturated rings. The van der Waals surface area contributed by atoms with Crippen LogP contribution in [0.3, 0.4) is 0 Å². The van der Waals surface area contributed by atoms with Crippen molar-refractivity contribution in [3.63, 3.8) is 0 Å². The Morgan fingerprint density at radius 3 is 2.71 bits per heavy atom. The Morgan fingerprint density at radius 2 is 1.88 bits per heavy atom. The standard InChI is InChI=1S/C19H16ClN3S/c1-13-11-18-21-22-19(24-10-9-14-5-3-2-4-6-14)23(18)17-8-7-15(20)12-16(13)17/h2-8,11-12H,9-10H2,1H3. The molecule has 0 spiro atoms. The average molecular weight is 354 g/mol. The zero-order chi connectivity index (χ0) is 16.5. The molecule has 0 radical (unpaired) electrons. The Balaban J connectivity index is 1.69. The topological polar surface area (TPSA) is 30.2 Å². The van der Waals surface area contributed by atoms with Crippen LogP contribution in [0.2, 0.25) is 5.02 Å². The van der Waals surface area contributed by atoms with Crippen LogP contribution in [0.4, 0.5) is 0 Å². The molecule has 0 aliphatic carbocycles. The van der Waals surface area contributed by atoms with E-state index in [0.717, 1.165) is 44.5 Å². The molecular weight excluding hydrogens is 338 g/mol. The number of aromatic nitrogens is 3. The van der Waals surface area contributed by atoms with Crippen molar-refractivity contribution in [2.24, 2.45) is 0 Å². The van der Waals surface area contributed by atoms with Gasteiger partial charge in [0.05, 0.1) is 5.52 Å². The van der Waals surface area contributed by atoms with Crippen LogP contribution >= 0.6 is 23.4 Å². The third-order valence-corrected chi connectivity index (χ3v) is 5.26. The monoisotopic (exact) mass is 353 g/mol. The van der Waals surface area contributed by atoms with Crippen molar-refractivity contribution >= 4 is 39.9 Å². The summed E-state index contributed by atoms with van der Waals surface area (Å²) in [6, 6.07) is 18.5. The maximum absolute atomic E-state index is 6.16. The molecule has 4 aromatic rings. The molecule has 0 N–H and O–H groups in total. The molecule has 24 heavy (non-hydrogen) atoms. The fraction of sp³-hybridized carbons (Fsp3) is 0.158. The van der Waals surface area contributed by atoms with Crippen molar-refractivity contribution in [1.29, 1.82) is 0 Å². The Labute approximate surface area is 149 Å². The molecule has 2 heterocycles. The third-order valence-electron chi connectivity index (χ3n) is 4.09. The van der Waals surface area contributed by atoms with Gasteiger partial charge in [0.1, 0.15) is 0 Å². The Bertz CT molecular complexity index is 1010. The number of hydrogen-bond acceptors (Lipinski definition) is 3. The highest BCUT2D eigenvalue weighted by Gasteiger charge is 2.11. The highest BCUT2D eigenvalue weighted by molar-refractivity contribution is 7.99. The molecule has 4 rings (SSSR count). The van der Waals surface area contributed by atoms with E-state index in [-0.39, 0.29) is 0 Å². The first kappa shape index (κ1) is 15.5. The lowest BCUT2D eigenvalue weighted by Crippen LogP contribution is -1.95. The van der Waals surface area contributed by atoms with Gasteiger partial charge >= 0.3 is 0 Å². The predicted molar refractivity (Wildman–Crippen MR) is 101 cm³/mol. The van der Waals surface area contributed by atoms with E-state index in [4.69, 9.17) is 11.6 Å². The molecule has 0 aliphatic rings. The maximum atomic E-state index is 6.16. The number of hydrogen-bond donors (Lipinski definition) is 0. The van der Waals surface area contributed by atoms with E-state index in [0.29, 0.717) is 0 Å². The fourth-order valence-electron chi connectivity index (χ4n) is 2.89. The molecule has 0 atom stereocenters. The van der Waals surface area contributed by atoms with Gasteiger partial charge in [0, 0.05) is 16.2 Å². The highest BCUT2D eigenvalue weighted by atomic mass is 35.5. The van der Waals surface area contributed by atoms with Crippen LogP contribution in [0, 0.1) is 6.92 Å². The summed E-state index contributed by atoms with van der Waals surface area (Å²) in [5.74, 6) is 0.966. The minimum atomic E-state index is 0.747. The van der Waals surface area contributed by atoms with Crippen LogP contribution in [0.5, 0.6) is 0 Å². The van der Waals surface area contributed by atoms with E-state index < -0.39 is 0 Å². The summed E-state index contributed by atoms with van der Waals surface area (Å²) < 4.78 is 2.12. The van der Waals surface area contributed by atoms with Gasteiger partial charge in [-0.15, -0.1) is 10.2 Å². The summed E-state index contributed by atoms with van der Waals surface area (Å²) in [5.41, 5.74) is 4.48. The second-order valence-corrected chi connectivity index (χ2v) is 7.25. The van der Waals surface area contributed by atoms with Crippen LogP contribution in [-0.2, 0) is 6.42 Å². The van der Waals surface area contributed by atoms with Crippen LogP contribution in [-0.4, -0.2) is 20.4 Å². The van der Waals surface area contributed by atoms with Gasteiger partial charge in [-0.2, -0.15) is 0 Å². The average Bonchev–Trinajstić information content (AvgIpc) is 2.99. The summed E-state index contributed by atoms with van der Waals surface area (Å²) in [7, 11) is 0. The van der Waals surface area contributed by atoms with Crippen molar-refractivity contribution in [3.05, 3.63) is 70.7 Å². The Hall–Kier alpha value is -2.04. The van der Waals surface area contributed by atoms with E-state index in [2.05, 4.69) is 51.9 Å². The van der Waals surface area contributed by atoms with Gasteiger partial charge < -0.3 is 0 Å². The maximum Gasteiger partial charge on any atom is 0.196 e. The van der Waals surface area contributed by atoms with Gasteiger partial charge in [-0.1, -0.05) is 53.7 Å². The molecule has 0 saturated carbocycles. The zero-order valence-electron chi connectivity index (χ0n) is 13.2. The lowest BCUT2D eigenvalue weighted by Gasteiger charge is -2.08. The summed E-state index contributed by atoms with van der Waals surface area (Å²) in [5, 5.41) is 11.5.